The van der Waals surface area contributed by atoms with E-state index in [1.807, 2.05) is 0 Å². The predicted molar refractivity (Wildman–Crippen MR) is 75.3 cm³/mol. The summed E-state index contributed by atoms with van der Waals surface area (Å²) < 4.78 is 2.62. The smallest absolute Gasteiger partial charge is 0.0874 e. The van der Waals surface area contributed by atoms with Gasteiger partial charge in [-0.3, -0.25) is 4.67 Å². The molecule has 0 aliphatic carbocycles. The van der Waals surface area contributed by atoms with Crippen LogP contribution in [0.25, 0.3) is 0 Å². The van der Waals surface area contributed by atoms with Crippen LogP contribution in [0.4, 0.5) is 0 Å². The van der Waals surface area contributed by atoms with Crippen molar-refractivity contribution in [1.29, 1.82) is 0 Å². The van der Waals surface area contributed by atoms with Crippen molar-refractivity contribution < 1.29 is 0 Å². The average Bonchev–Trinajstić information content (AvgIpc) is 2.22. The van der Waals surface area contributed by atoms with E-state index in [-0.39, 0.29) is 6.48 Å². The summed E-state index contributed by atoms with van der Waals surface area (Å²) >= 11 is 4.34. The minimum Gasteiger partial charge on any atom is -0.266 e. The van der Waals surface area contributed by atoms with Gasteiger partial charge in [0.2, 0.25) is 0 Å². The molecule has 0 saturated carbocycles. The van der Waals surface area contributed by atoms with Crippen LogP contribution in [0.1, 0.15) is 40.5 Å². The van der Waals surface area contributed by atoms with Crippen LogP contribution in [0.5, 0.6) is 0 Å². The highest BCUT2D eigenvalue weighted by Gasteiger charge is 2.15. The predicted octanol–water partition coefficient (Wildman–Crippen LogP) is 4.84. The zero-order chi connectivity index (χ0) is 10.8. The van der Waals surface area contributed by atoms with E-state index >= 15 is 0 Å². The highest BCUT2D eigenvalue weighted by atomic mass is 33.1. The van der Waals surface area contributed by atoms with Gasteiger partial charge in [-0.2, -0.15) is 0 Å². The van der Waals surface area contributed by atoms with Crippen molar-refractivity contribution in [3.05, 3.63) is 0 Å². The molecule has 0 fully saturated rings. The normalized spacial score (nSPS) is 11.6. The Bertz CT molecular complexity index is 113. The van der Waals surface area contributed by atoms with Crippen LogP contribution >= 0.6 is 29.2 Å². The largest absolute Gasteiger partial charge is 0.266 e. The maximum atomic E-state index is 2.62. The molecule has 1 nitrogen and oxygen atoms in total. The maximum Gasteiger partial charge on any atom is 0.0874 e. The van der Waals surface area contributed by atoms with Crippen molar-refractivity contribution in [1.82, 2.24) is 4.67 Å². The molecule has 0 radical (unpaired) electrons. The highest BCUT2D eigenvalue weighted by molar-refractivity contribution is 8.87. The first kappa shape index (κ1) is 15.1. The number of nitrogens with zero attached hydrogens (tertiary/aromatic N) is 1. The molecule has 4 heteroatoms. The van der Waals surface area contributed by atoms with Crippen LogP contribution in [0.3, 0.4) is 0 Å². The van der Waals surface area contributed by atoms with E-state index in [4.69, 9.17) is 0 Å². The molecule has 0 aromatic carbocycles. The summed E-state index contributed by atoms with van der Waals surface area (Å²) in [5.41, 5.74) is 0. The summed E-state index contributed by atoms with van der Waals surface area (Å²) in [5.74, 6) is 2.64. The lowest BCUT2D eigenvalue weighted by Crippen LogP contribution is -2.14. The molecule has 0 bridgehead atoms. The summed E-state index contributed by atoms with van der Waals surface area (Å²) in [4.78, 5) is 0. The Morgan fingerprint density at radius 1 is 0.857 bits per heavy atom. The third kappa shape index (κ3) is 6.55. The van der Waals surface area contributed by atoms with Gasteiger partial charge in [0.05, 0.1) is 6.48 Å². The lowest BCUT2D eigenvalue weighted by atomic mass is 10.6. The van der Waals surface area contributed by atoms with Crippen LogP contribution in [0, 0.1) is 0 Å². The minimum absolute atomic E-state index is 0.0306. The third-order valence-electron chi connectivity index (χ3n) is 1.77. The minimum atomic E-state index is 0.0306. The zero-order valence-electron chi connectivity index (χ0n) is 9.95. The Morgan fingerprint density at radius 2 is 1.29 bits per heavy atom. The second kappa shape index (κ2) is 10.6. The van der Waals surface area contributed by atoms with Crippen molar-refractivity contribution >= 4 is 29.2 Å². The molecular formula is C10H24NPS2. The fourth-order valence-electron chi connectivity index (χ4n) is 0.994. The molecule has 86 valence electrons. The molecule has 0 rings (SSSR count). The number of hydrogen-bond acceptors (Lipinski definition) is 3. The van der Waals surface area contributed by atoms with Gasteiger partial charge >= 0.3 is 0 Å². The molecule has 0 N–H and O–H groups in total. The van der Waals surface area contributed by atoms with E-state index < -0.39 is 0 Å². The second-order valence-electron chi connectivity index (χ2n) is 3.04. The van der Waals surface area contributed by atoms with Gasteiger partial charge in [-0.05, 0) is 24.3 Å². The third-order valence-corrected chi connectivity index (χ3v) is 10.1. The van der Waals surface area contributed by atoms with Crippen molar-refractivity contribution in [2.75, 3.05) is 24.6 Å². The molecule has 0 spiro atoms. The average molecular weight is 253 g/mol. The van der Waals surface area contributed by atoms with Gasteiger partial charge in [-0.25, -0.2) is 0 Å². The van der Waals surface area contributed by atoms with Crippen LogP contribution in [0.2, 0.25) is 0 Å². The van der Waals surface area contributed by atoms with Crippen molar-refractivity contribution in [2.45, 2.75) is 40.5 Å². The molecule has 0 unspecified atom stereocenters. The highest BCUT2D eigenvalue weighted by Crippen LogP contribution is 2.63. The van der Waals surface area contributed by atoms with Gasteiger partial charge in [-0.15, -0.1) is 22.8 Å². The quantitative estimate of drug-likeness (QED) is 0.541. The van der Waals surface area contributed by atoms with Crippen LogP contribution < -0.4 is 0 Å². The van der Waals surface area contributed by atoms with E-state index in [1.54, 1.807) is 0 Å². The van der Waals surface area contributed by atoms with Gasteiger partial charge in [-0.1, -0.05) is 27.7 Å². The SMILES string of the molecule is CCCSP(SCCC)N(CC)CC. The Kier molecular flexibility index (Phi) is 11.4. The lowest BCUT2D eigenvalue weighted by Gasteiger charge is -2.27. The molecule has 0 amide bonds. The van der Waals surface area contributed by atoms with Gasteiger partial charge < -0.3 is 0 Å². The second-order valence-corrected chi connectivity index (χ2v) is 9.74. The molecule has 0 aromatic rings. The van der Waals surface area contributed by atoms with Gasteiger partial charge in [0.15, 0.2) is 0 Å². The van der Waals surface area contributed by atoms with Gasteiger partial charge in [0, 0.05) is 13.1 Å². The number of rotatable bonds is 9. The molecule has 14 heavy (non-hydrogen) atoms. The first-order valence-corrected chi connectivity index (χ1v) is 10.1. The Hall–Kier alpha value is 1.09. The van der Waals surface area contributed by atoms with E-state index in [1.165, 1.54) is 37.4 Å². The van der Waals surface area contributed by atoms with Crippen LogP contribution in [-0.4, -0.2) is 29.3 Å². The van der Waals surface area contributed by atoms with E-state index in [9.17, 15) is 0 Å². The van der Waals surface area contributed by atoms with Crippen LogP contribution in [0.15, 0.2) is 0 Å². The Balaban J connectivity index is 3.92. The van der Waals surface area contributed by atoms with Gasteiger partial charge in [0.1, 0.15) is 0 Å². The summed E-state index contributed by atoms with van der Waals surface area (Å²) in [6.45, 7) is 11.5. The van der Waals surface area contributed by atoms with E-state index in [2.05, 4.69) is 55.1 Å². The molecule has 0 aromatic heterocycles. The molecule has 0 heterocycles. The van der Waals surface area contributed by atoms with Crippen molar-refractivity contribution in [2.24, 2.45) is 0 Å². The standard InChI is InChI=1S/C10H24NPS2/c1-5-9-13-12(14-10-6-2)11(7-3)8-4/h5-10H2,1-4H3. The molecular weight excluding hydrogens is 229 g/mol. The summed E-state index contributed by atoms with van der Waals surface area (Å²) in [6, 6.07) is 0. The molecule has 0 atom stereocenters. The Labute approximate surface area is 99.1 Å². The van der Waals surface area contributed by atoms with Gasteiger partial charge in [0.25, 0.3) is 0 Å². The van der Waals surface area contributed by atoms with Crippen molar-refractivity contribution in [3.8, 4) is 0 Å². The summed E-state index contributed by atoms with van der Waals surface area (Å²) in [5, 5.41) is 0. The fourth-order valence-corrected chi connectivity index (χ4v) is 9.17. The summed E-state index contributed by atoms with van der Waals surface area (Å²) in [7, 11) is 0. The first-order valence-electron chi connectivity index (χ1n) is 5.60. The van der Waals surface area contributed by atoms with E-state index in [0.29, 0.717) is 0 Å². The van der Waals surface area contributed by atoms with Crippen molar-refractivity contribution in [3.63, 3.8) is 0 Å². The number of hydrogen-bond donors (Lipinski definition) is 0. The topological polar surface area (TPSA) is 3.24 Å². The first-order chi connectivity index (χ1) is 6.79. The molecule has 0 saturated heterocycles. The fraction of sp³-hybridized carbons (Fsp3) is 1.00. The summed E-state index contributed by atoms with van der Waals surface area (Å²) in [6.07, 6.45) is 2.61. The Morgan fingerprint density at radius 3 is 1.57 bits per heavy atom. The van der Waals surface area contributed by atoms with E-state index in [0.717, 1.165) is 0 Å². The van der Waals surface area contributed by atoms with Crippen LogP contribution in [-0.2, 0) is 0 Å². The maximum absolute atomic E-state index is 2.62. The molecule has 0 aliphatic rings. The zero-order valence-corrected chi connectivity index (χ0v) is 12.5. The monoisotopic (exact) mass is 253 g/mol. The lowest BCUT2D eigenvalue weighted by molar-refractivity contribution is 0.520. The molecule has 0 aliphatic heterocycles.